The average Bonchev–Trinajstić information content (AvgIpc) is 2.22. The van der Waals surface area contributed by atoms with Crippen LogP contribution in [-0.4, -0.2) is 32.5 Å². The second-order valence-corrected chi connectivity index (χ2v) is 7.55. The Morgan fingerprint density at radius 3 is 2.06 bits per heavy atom. The van der Waals surface area contributed by atoms with Gasteiger partial charge in [-0.05, 0) is 24.8 Å². The molecule has 3 nitrogen and oxygen atoms in total. The first-order valence-corrected chi connectivity index (χ1v) is 8.58. The highest BCUT2D eigenvalue weighted by molar-refractivity contribution is 7.91. The van der Waals surface area contributed by atoms with E-state index >= 15 is 0 Å². The Morgan fingerprint density at radius 1 is 1.06 bits per heavy atom. The molecule has 0 fully saturated rings. The van der Waals surface area contributed by atoms with Crippen LogP contribution in [0.25, 0.3) is 0 Å². The lowest BCUT2D eigenvalue weighted by atomic mass is 10.1. The first kappa shape index (κ1) is 16.9. The molecule has 0 aromatic rings. The van der Waals surface area contributed by atoms with Gasteiger partial charge >= 0.3 is 0 Å². The molecule has 0 rings (SSSR count). The molecule has 0 saturated heterocycles. The van der Waals surface area contributed by atoms with E-state index in [2.05, 4.69) is 26.1 Å². The largest absolute Gasteiger partial charge is 0.313 e. The summed E-state index contributed by atoms with van der Waals surface area (Å²) in [7, 11) is -2.93. The van der Waals surface area contributed by atoms with E-state index in [9.17, 15) is 8.42 Å². The maximum atomic E-state index is 12.0. The Morgan fingerprint density at radius 2 is 1.65 bits per heavy atom. The van der Waals surface area contributed by atoms with Crippen LogP contribution in [0, 0.1) is 11.8 Å². The fraction of sp³-hybridized carbons (Fsp3) is 1.00. The predicted molar refractivity (Wildman–Crippen MR) is 75.0 cm³/mol. The van der Waals surface area contributed by atoms with Crippen molar-refractivity contribution in [1.82, 2.24) is 5.32 Å². The molecule has 0 spiro atoms. The average molecular weight is 263 g/mol. The van der Waals surface area contributed by atoms with Crippen molar-refractivity contribution in [3.05, 3.63) is 0 Å². The number of hydrogen-bond donors (Lipinski definition) is 1. The van der Waals surface area contributed by atoms with Crippen molar-refractivity contribution in [2.75, 3.05) is 18.1 Å². The van der Waals surface area contributed by atoms with E-state index in [1.165, 1.54) is 0 Å². The third kappa shape index (κ3) is 7.77. The second-order valence-electron chi connectivity index (χ2n) is 5.39. The van der Waals surface area contributed by atoms with Gasteiger partial charge in [0.2, 0.25) is 0 Å². The van der Waals surface area contributed by atoms with Gasteiger partial charge in [0.15, 0.2) is 9.84 Å². The lowest BCUT2D eigenvalue weighted by molar-refractivity contribution is 0.424. The van der Waals surface area contributed by atoms with E-state index in [0.29, 0.717) is 11.7 Å². The molecule has 17 heavy (non-hydrogen) atoms. The molecule has 0 aliphatic carbocycles. The van der Waals surface area contributed by atoms with Gasteiger partial charge in [-0.1, -0.05) is 41.0 Å². The first-order chi connectivity index (χ1) is 7.82. The lowest BCUT2D eigenvalue weighted by Gasteiger charge is -2.23. The zero-order valence-electron chi connectivity index (χ0n) is 12.0. The number of nitrogens with one attached hydrogen (secondary N) is 1. The standard InChI is InChI=1S/C13H29NO2S/c1-6-8-14-13(11(3)4)10-17(15,16)9-12(5)7-2/h11-14H,6-10H2,1-5H3. The van der Waals surface area contributed by atoms with Crippen LogP contribution in [0.15, 0.2) is 0 Å². The molecule has 0 aliphatic heterocycles. The summed E-state index contributed by atoms with van der Waals surface area (Å²) in [6.45, 7) is 11.2. The number of rotatable bonds is 9. The summed E-state index contributed by atoms with van der Waals surface area (Å²) in [6, 6.07) is 0.0870. The molecule has 0 aromatic heterocycles. The topological polar surface area (TPSA) is 46.2 Å². The van der Waals surface area contributed by atoms with Gasteiger partial charge in [-0.3, -0.25) is 0 Å². The minimum absolute atomic E-state index is 0.0870. The van der Waals surface area contributed by atoms with Gasteiger partial charge in [-0.25, -0.2) is 8.42 Å². The molecule has 104 valence electrons. The van der Waals surface area contributed by atoms with Gasteiger partial charge < -0.3 is 5.32 Å². The summed E-state index contributed by atoms with van der Waals surface area (Å²) in [5, 5.41) is 3.34. The van der Waals surface area contributed by atoms with Crippen LogP contribution < -0.4 is 5.32 Å². The smallest absolute Gasteiger partial charge is 0.152 e. The Labute approximate surface area is 107 Å². The maximum Gasteiger partial charge on any atom is 0.152 e. The van der Waals surface area contributed by atoms with Gasteiger partial charge in [0.25, 0.3) is 0 Å². The fourth-order valence-corrected chi connectivity index (χ4v) is 4.00. The van der Waals surface area contributed by atoms with E-state index in [0.717, 1.165) is 19.4 Å². The molecule has 1 N–H and O–H groups in total. The van der Waals surface area contributed by atoms with Crippen molar-refractivity contribution in [3.8, 4) is 0 Å². The number of hydrogen-bond acceptors (Lipinski definition) is 3. The van der Waals surface area contributed by atoms with Gasteiger partial charge in [0.05, 0.1) is 11.5 Å². The van der Waals surface area contributed by atoms with Crippen molar-refractivity contribution in [1.29, 1.82) is 0 Å². The van der Waals surface area contributed by atoms with E-state index in [1.54, 1.807) is 0 Å². The summed E-state index contributed by atoms with van der Waals surface area (Å²) >= 11 is 0. The van der Waals surface area contributed by atoms with Crippen molar-refractivity contribution < 1.29 is 8.42 Å². The Kier molecular flexibility index (Phi) is 8.05. The van der Waals surface area contributed by atoms with Crippen molar-refractivity contribution in [2.45, 2.75) is 53.5 Å². The molecular weight excluding hydrogens is 234 g/mol. The zero-order valence-corrected chi connectivity index (χ0v) is 12.8. The summed E-state index contributed by atoms with van der Waals surface area (Å²) in [5.74, 6) is 1.21. The minimum atomic E-state index is -2.93. The van der Waals surface area contributed by atoms with Crippen LogP contribution in [0.4, 0.5) is 0 Å². The molecule has 0 aromatic carbocycles. The summed E-state index contributed by atoms with van der Waals surface area (Å²) in [5.41, 5.74) is 0. The van der Waals surface area contributed by atoms with Crippen LogP contribution in [0.1, 0.15) is 47.5 Å². The molecule has 0 amide bonds. The fourth-order valence-electron chi connectivity index (χ4n) is 1.71. The van der Waals surface area contributed by atoms with E-state index in [-0.39, 0.29) is 17.7 Å². The van der Waals surface area contributed by atoms with Crippen LogP contribution in [0.5, 0.6) is 0 Å². The monoisotopic (exact) mass is 263 g/mol. The summed E-state index contributed by atoms with van der Waals surface area (Å²) in [6.07, 6.45) is 1.96. The van der Waals surface area contributed by atoms with Crippen LogP contribution in [0.3, 0.4) is 0 Å². The van der Waals surface area contributed by atoms with Crippen LogP contribution >= 0.6 is 0 Å². The SMILES string of the molecule is CCCNC(CS(=O)(=O)CC(C)CC)C(C)C. The molecular formula is C13H29NO2S. The highest BCUT2D eigenvalue weighted by Gasteiger charge is 2.22. The van der Waals surface area contributed by atoms with Crippen molar-refractivity contribution in [2.24, 2.45) is 11.8 Å². The molecule has 4 heteroatoms. The molecule has 0 saturated carbocycles. The first-order valence-electron chi connectivity index (χ1n) is 6.76. The zero-order chi connectivity index (χ0) is 13.5. The highest BCUT2D eigenvalue weighted by atomic mass is 32.2. The van der Waals surface area contributed by atoms with E-state index in [1.807, 2.05) is 13.8 Å². The van der Waals surface area contributed by atoms with Crippen molar-refractivity contribution in [3.63, 3.8) is 0 Å². The Bertz CT molecular complexity index is 286. The van der Waals surface area contributed by atoms with Gasteiger partial charge in [-0.15, -0.1) is 0 Å². The Hall–Kier alpha value is -0.0900. The minimum Gasteiger partial charge on any atom is -0.313 e. The molecule has 2 atom stereocenters. The van der Waals surface area contributed by atoms with E-state index in [4.69, 9.17) is 0 Å². The van der Waals surface area contributed by atoms with E-state index < -0.39 is 9.84 Å². The molecule has 0 bridgehead atoms. The normalized spacial score (nSPS) is 16.1. The summed E-state index contributed by atoms with van der Waals surface area (Å²) < 4.78 is 24.1. The predicted octanol–water partition coefficient (Wildman–Crippen LogP) is 2.47. The van der Waals surface area contributed by atoms with Gasteiger partial charge in [0, 0.05) is 6.04 Å². The third-order valence-corrected chi connectivity index (χ3v) is 5.07. The van der Waals surface area contributed by atoms with Gasteiger partial charge in [0.1, 0.15) is 0 Å². The van der Waals surface area contributed by atoms with Crippen molar-refractivity contribution >= 4 is 9.84 Å². The maximum absolute atomic E-state index is 12.0. The molecule has 2 unspecified atom stereocenters. The molecule has 0 heterocycles. The highest BCUT2D eigenvalue weighted by Crippen LogP contribution is 2.11. The lowest BCUT2D eigenvalue weighted by Crippen LogP contribution is -2.41. The molecule has 0 aliphatic rings. The Balaban J connectivity index is 4.42. The van der Waals surface area contributed by atoms with Crippen LogP contribution in [0.2, 0.25) is 0 Å². The van der Waals surface area contributed by atoms with Gasteiger partial charge in [-0.2, -0.15) is 0 Å². The molecule has 0 radical (unpaired) electrons. The second kappa shape index (κ2) is 8.09. The number of sulfone groups is 1. The third-order valence-electron chi connectivity index (χ3n) is 3.13. The summed E-state index contributed by atoms with van der Waals surface area (Å²) in [4.78, 5) is 0. The van der Waals surface area contributed by atoms with Crippen LogP contribution in [-0.2, 0) is 9.84 Å². The quantitative estimate of drug-likeness (QED) is 0.695.